The zero-order chi connectivity index (χ0) is 21.2. The maximum atomic E-state index is 12.9. The molecular weight excluding hydrogens is 408 g/mol. The van der Waals surface area contributed by atoms with Crippen LogP contribution in [0, 0.1) is 0 Å². The Kier molecular flexibility index (Phi) is 5.53. The Morgan fingerprint density at radius 2 is 1.45 bits per heavy atom. The van der Waals surface area contributed by atoms with E-state index >= 15 is 0 Å². The lowest BCUT2D eigenvalue weighted by Crippen LogP contribution is -2.64. The van der Waals surface area contributed by atoms with E-state index < -0.39 is 0 Å². The van der Waals surface area contributed by atoms with Gasteiger partial charge in [-0.15, -0.1) is 0 Å². The summed E-state index contributed by atoms with van der Waals surface area (Å²) in [5.41, 5.74) is 3.00. The van der Waals surface area contributed by atoms with Gasteiger partial charge in [0.2, 0.25) is 0 Å². The van der Waals surface area contributed by atoms with E-state index in [2.05, 4.69) is 21.4 Å². The molecule has 5 rings (SSSR count). The number of amides is 2. The van der Waals surface area contributed by atoms with Gasteiger partial charge in [-0.1, -0.05) is 42.5 Å². The number of aromatic nitrogens is 1. The highest BCUT2D eigenvalue weighted by Gasteiger charge is 2.37. The number of hydrogen-bond donors (Lipinski definition) is 0. The summed E-state index contributed by atoms with van der Waals surface area (Å²) in [7, 11) is 0. The van der Waals surface area contributed by atoms with Gasteiger partial charge in [-0.05, 0) is 40.9 Å². The quantitative estimate of drug-likeness (QED) is 0.636. The monoisotopic (exact) mass is 432 g/mol. The van der Waals surface area contributed by atoms with Crippen LogP contribution in [-0.4, -0.2) is 76.2 Å². The largest absolute Gasteiger partial charge is 0.336 e. The summed E-state index contributed by atoms with van der Waals surface area (Å²) in [6.07, 6.45) is 1.67. The van der Waals surface area contributed by atoms with E-state index in [-0.39, 0.29) is 11.8 Å². The lowest BCUT2D eigenvalue weighted by molar-refractivity contribution is 0.00879. The third-order valence-corrected chi connectivity index (χ3v) is 6.89. The number of carbonyl (C=O) groups is 2. The van der Waals surface area contributed by atoms with Crippen molar-refractivity contribution in [3.63, 3.8) is 0 Å². The summed E-state index contributed by atoms with van der Waals surface area (Å²) in [5, 5.41) is 0. The molecule has 2 aliphatic heterocycles. The minimum absolute atomic E-state index is 0.0755. The van der Waals surface area contributed by atoms with Gasteiger partial charge in [0.25, 0.3) is 11.8 Å². The van der Waals surface area contributed by atoms with Crippen LogP contribution in [0.1, 0.15) is 20.0 Å². The van der Waals surface area contributed by atoms with Gasteiger partial charge in [0.1, 0.15) is 4.88 Å². The van der Waals surface area contributed by atoms with Crippen molar-refractivity contribution >= 4 is 23.3 Å². The zero-order valence-electron chi connectivity index (χ0n) is 17.2. The predicted molar refractivity (Wildman–Crippen MR) is 121 cm³/mol. The fourth-order valence-corrected chi connectivity index (χ4v) is 4.81. The molecule has 6 nitrogen and oxygen atoms in total. The molecule has 0 radical (unpaired) electrons. The van der Waals surface area contributed by atoms with E-state index in [9.17, 15) is 9.59 Å². The zero-order valence-corrected chi connectivity index (χ0v) is 18.0. The molecule has 0 bridgehead atoms. The van der Waals surface area contributed by atoms with Gasteiger partial charge in [0.05, 0.1) is 0 Å². The molecule has 2 amide bonds. The maximum absolute atomic E-state index is 12.9. The number of piperazine rings is 1. The molecule has 31 heavy (non-hydrogen) atoms. The first-order valence-corrected chi connectivity index (χ1v) is 11.3. The average molecular weight is 433 g/mol. The lowest BCUT2D eigenvalue weighted by Gasteiger charge is -2.48. The van der Waals surface area contributed by atoms with E-state index in [0.717, 1.165) is 56.0 Å². The topological polar surface area (TPSA) is 56.8 Å². The molecular formula is C24H24N4O2S. The van der Waals surface area contributed by atoms with E-state index in [0.29, 0.717) is 10.9 Å². The van der Waals surface area contributed by atoms with Crippen LogP contribution in [0.2, 0.25) is 0 Å². The van der Waals surface area contributed by atoms with Crippen LogP contribution >= 0.6 is 11.5 Å². The van der Waals surface area contributed by atoms with Crippen LogP contribution in [0.25, 0.3) is 11.1 Å². The molecule has 0 saturated carbocycles. The fraction of sp³-hybridized carbons (Fsp3) is 0.292. The van der Waals surface area contributed by atoms with E-state index in [1.165, 1.54) is 11.5 Å². The standard InChI is InChI=1S/C24H24N4O2S/c29-23(20-8-6-19(7-9-20)18-4-2-1-3-5-18)27-14-12-26(13-15-27)21-16-28(17-21)24(30)22-10-11-25-31-22/h1-11,21H,12-17H2. The van der Waals surface area contributed by atoms with Gasteiger partial charge < -0.3 is 9.80 Å². The number of rotatable bonds is 4. The van der Waals surface area contributed by atoms with Crippen LogP contribution in [0.4, 0.5) is 0 Å². The highest BCUT2D eigenvalue weighted by atomic mass is 32.1. The van der Waals surface area contributed by atoms with E-state index in [1.54, 1.807) is 12.3 Å². The molecule has 2 aromatic carbocycles. The van der Waals surface area contributed by atoms with Crippen molar-refractivity contribution in [3.8, 4) is 11.1 Å². The highest BCUT2D eigenvalue weighted by Crippen LogP contribution is 2.22. The van der Waals surface area contributed by atoms with E-state index in [1.807, 2.05) is 52.3 Å². The molecule has 0 N–H and O–H groups in total. The SMILES string of the molecule is O=C(c1ccc(-c2ccccc2)cc1)N1CCN(C2CN(C(=O)c3ccns3)C2)CC1. The second-order valence-corrected chi connectivity index (χ2v) is 8.85. The molecule has 158 valence electrons. The second-order valence-electron chi connectivity index (χ2n) is 8.01. The predicted octanol–water partition coefficient (Wildman–Crippen LogP) is 3.09. The van der Waals surface area contributed by atoms with Gasteiger partial charge in [0, 0.05) is 57.1 Å². The van der Waals surface area contributed by atoms with Crippen molar-refractivity contribution in [2.24, 2.45) is 0 Å². The Labute approximate surface area is 185 Å². The Bertz CT molecular complexity index is 1040. The molecule has 2 aliphatic rings. The highest BCUT2D eigenvalue weighted by molar-refractivity contribution is 7.08. The number of carbonyl (C=O) groups excluding carboxylic acids is 2. The van der Waals surface area contributed by atoms with Crippen molar-refractivity contribution in [1.82, 2.24) is 19.1 Å². The maximum Gasteiger partial charge on any atom is 0.265 e. The number of nitrogens with zero attached hydrogens (tertiary/aromatic N) is 4. The minimum atomic E-state index is 0.0755. The summed E-state index contributed by atoms with van der Waals surface area (Å²) in [5.74, 6) is 0.168. The summed E-state index contributed by atoms with van der Waals surface area (Å²) in [6.45, 7) is 4.65. The van der Waals surface area contributed by atoms with Crippen molar-refractivity contribution in [1.29, 1.82) is 0 Å². The van der Waals surface area contributed by atoms with Crippen LogP contribution in [0.3, 0.4) is 0 Å². The van der Waals surface area contributed by atoms with Crippen LogP contribution in [0.5, 0.6) is 0 Å². The van der Waals surface area contributed by atoms with Crippen molar-refractivity contribution in [2.45, 2.75) is 6.04 Å². The normalized spacial score (nSPS) is 17.4. The van der Waals surface area contributed by atoms with Crippen molar-refractivity contribution < 1.29 is 9.59 Å². The summed E-state index contributed by atoms with van der Waals surface area (Å²) >= 11 is 1.25. The van der Waals surface area contributed by atoms with Crippen molar-refractivity contribution in [3.05, 3.63) is 77.3 Å². The summed E-state index contributed by atoms with van der Waals surface area (Å²) in [6, 6.07) is 20.2. The Hall–Kier alpha value is -3.03. The summed E-state index contributed by atoms with van der Waals surface area (Å²) in [4.78, 5) is 32.2. The molecule has 3 aromatic rings. The molecule has 3 heterocycles. The third-order valence-electron chi connectivity index (χ3n) is 6.15. The third kappa shape index (κ3) is 4.11. The molecule has 0 aliphatic carbocycles. The first kappa shape index (κ1) is 19.9. The first-order chi connectivity index (χ1) is 15.2. The molecule has 0 atom stereocenters. The van der Waals surface area contributed by atoms with Gasteiger partial charge in [-0.3, -0.25) is 14.5 Å². The van der Waals surface area contributed by atoms with Crippen LogP contribution < -0.4 is 0 Å². The van der Waals surface area contributed by atoms with Gasteiger partial charge in [-0.2, -0.15) is 0 Å². The molecule has 0 unspecified atom stereocenters. The molecule has 2 saturated heterocycles. The Balaban J connectivity index is 1.12. The number of benzene rings is 2. The van der Waals surface area contributed by atoms with Crippen molar-refractivity contribution in [2.75, 3.05) is 39.3 Å². The minimum Gasteiger partial charge on any atom is -0.336 e. The van der Waals surface area contributed by atoms with Gasteiger partial charge in [-0.25, -0.2) is 4.37 Å². The average Bonchev–Trinajstić information content (AvgIpc) is 3.34. The number of hydrogen-bond acceptors (Lipinski definition) is 5. The van der Waals surface area contributed by atoms with E-state index in [4.69, 9.17) is 0 Å². The molecule has 7 heteroatoms. The number of likely N-dealkylation sites (tertiary alicyclic amines) is 1. The van der Waals surface area contributed by atoms with Gasteiger partial charge >= 0.3 is 0 Å². The Morgan fingerprint density at radius 1 is 0.774 bits per heavy atom. The van der Waals surface area contributed by atoms with Crippen LogP contribution in [0.15, 0.2) is 66.9 Å². The van der Waals surface area contributed by atoms with Gasteiger partial charge in [0.15, 0.2) is 0 Å². The molecule has 1 aromatic heterocycles. The first-order valence-electron chi connectivity index (χ1n) is 10.6. The Morgan fingerprint density at radius 3 is 2.10 bits per heavy atom. The summed E-state index contributed by atoms with van der Waals surface area (Å²) < 4.78 is 4.01. The second kappa shape index (κ2) is 8.61. The lowest BCUT2D eigenvalue weighted by atomic mass is 10.0. The van der Waals surface area contributed by atoms with Crippen LogP contribution in [-0.2, 0) is 0 Å². The molecule has 0 spiro atoms. The fourth-order valence-electron chi connectivity index (χ4n) is 4.24. The molecule has 2 fully saturated rings. The smallest absolute Gasteiger partial charge is 0.265 e.